The summed E-state index contributed by atoms with van der Waals surface area (Å²) in [6.07, 6.45) is 7.64. The first-order chi connectivity index (χ1) is 14.7. The predicted octanol–water partition coefficient (Wildman–Crippen LogP) is 2.86. The molecule has 0 bridgehead atoms. The quantitative estimate of drug-likeness (QED) is 0.590. The Morgan fingerprint density at radius 3 is 2.53 bits per heavy atom. The third-order valence-electron chi connectivity index (χ3n) is 5.63. The second kappa shape index (κ2) is 7.97. The zero-order valence-electron chi connectivity index (χ0n) is 16.6. The van der Waals surface area contributed by atoms with Gasteiger partial charge in [-0.1, -0.05) is 0 Å². The second-order valence-electron chi connectivity index (χ2n) is 7.68. The van der Waals surface area contributed by atoms with Crippen LogP contribution in [0.15, 0.2) is 42.9 Å². The van der Waals surface area contributed by atoms with Crippen molar-refractivity contribution in [3.8, 4) is 17.5 Å². The number of hydrogen-bond donors (Lipinski definition) is 0. The van der Waals surface area contributed by atoms with E-state index in [4.69, 9.17) is 17.3 Å². The molecule has 0 aromatic carbocycles. The lowest BCUT2D eigenvalue weighted by molar-refractivity contribution is 0.194. The van der Waals surface area contributed by atoms with Gasteiger partial charge in [0.1, 0.15) is 11.9 Å². The lowest BCUT2D eigenvalue weighted by Gasteiger charge is -2.35. The summed E-state index contributed by atoms with van der Waals surface area (Å²) in [6, 6.07) is 10.3. The molecule has 5 rings (SSSR count). The van der Waals surface area contributed by atoms with E-state index < -0.39 is 0 Å². The van der Waals surface area contributed by atoms with Crippen molar-refractivity contribution in [1.29, 1.82) is 5.26 Å². The Kier molecular flexibility index (Phi) is 5.02. The first-order valence-corrected chi connectivity index (χ1v) is 10.6. The summed E-state index contributed by atoms with van der Waals surface area (Å²) in [4.78, 5) is 13.1. The van der Waals surface area contributed by atoms with E-state index in [9.17, 15) is 5.26 Å². The van der Waals surface area contributed by atoms with Crippen molar-refractivity contribution in [1.82, 2.24) is 29.2 Å². The number of aromatic nitrogens is 5. The average molecular weight is 419 g/mol. The highest BCUT2D eigenvalue weighted by atomic mass is 32.1. The van der Waals surface area contributed by atoms with Crippen molar-refractivity contribution in [2.24, 2.45) is 0 Å². The van der Waals surface area contributed by atoms with Crippen molar-refractivity contribution in [2.45, 2.75) is 25.6 Å². The van der Waals surface area contributed by atoms with Gasteiger partial charge >= 0.3 is 0 Å². The molecule has 8 nitrogen and oxygen atoms in total. The molecule has 30 heavy (non-hydrogen) atoms. The molecule has 1 saturated carbocycles. The van der Waals surface area contributed by atoms with Gasteiger partial charge in [0, 0.05) is 56.4 Å². The molecule has 152 valence electrons. The zero-order chi connectivity index (χ0) is 20.5. The lowest BCUT2D eigenvalue weighted by atomic mass is 10.2. The van der Waals surface area contributed by atoms with Crippen LogP contribution >= 0.6 is 12.2 Å². The minimum absolute atomic E-state index is 0.458. The SMILES string of the molecule is N#Cc1cccnc1N1CCN(Cn2nc(-c3ccncc3)n(C3CC3)c2=S)CC1. The fourth-order valence-electron chi connectivity index (χ4n) is 3.90. The Morgan fingerprint density at radius 2 is 1.83 bits per heavy atom. The molecule has 3 aromatic heterocycles. The Morgan fingerprint density at radius 1 is 1.07 bits per heavy atom. The monoisotopic (exact) mass is 418 g/mol. The molecule has 1 aliphatic carbocycles. The third kappa shape index (κ3) is 3.60. The Hall–Kier alpha value is -3.09. The number of anilines is 1. The first-order valence-electron chi connectivity index (χ1n) is 10.2. The minimum atomic E-state index is 0.458. The van der Waals surface area contributed by atoms with E-state index in [1.807, 2.05) is 22.9 Å². The van der Waals surface area contributed by atoms with Gasteiger partial charge in [-0.2, -0.15) is 10.4 Å². The number of piperazine rings is 1. The van der Waals surface area contributed by atoms with Crippen LogP contribution in [-0.2, 0) is 6.67 Å². The van der Waals surface area contributed by atoms with E-state index in [1.54, 1.807) is 24.7 Å². The van der Waals surface area contributed by atoms with Crippen LogP contribution < -0.4 is 4.90 Å². The van der Waals surface area contributed by atoms with Gasteiger partial charge < -0.3 is 4.90 Å². The molecule has 0 N–H and O–H groups in total. The van der Waals surface area contributed by atoms with Crippen molar-refractivity contribution < 1.29 is 0 Å². The lowest BCUT2D eigenvalue weighted by Crippen LogP contribution is -2.47. The summed E-state index contributed by atoms with van der Waals surface area (Å²) in [5.74, 6) is 1.70. The molecular weight excluding hydrogens is 396 g/mol. The maximum absolute atomic E-state index is 9.34. The first kappa shape index (κ1) is 18.9. The molecule has 0 unspecified atom stereocenters. The predicted molar refractivity (Wildman–Crippen MR) is 115 cm³/mol. The second-order valence-corrected chi connectivity index (χ2v) is 8.04. The molecule has 0 atom stereocenters. The van der Waals surface area contributed by atoms with E-state index in [0.717, 1.165) is 61.0 Å². The van der Waals surface area contributed by atoms with Gasteiger partial charge in [0.2, 0.25) is 0 Å². The van der Waals surface area contributed by atoms with Crippen LogP contribution in [-0.4, -0.2) is 55.4 Å². The number of nitrogens with zero attached hydrogens (tertiary/aromatic N) is 8. The van der Waals surface area contributed by atoms with Crippen LogP contribution in [0.25, 0.3) is 11.4 Å². The van der Waals surface area contributed by atoms with Crippen LogP contribution in [0.5, 0.6) is 0 Å². The Bertz CT molecular complexity index is 1130. The maximum Gasteiger partial charge on any atom is 0.199 e. The number of pyridine rings is 2. The fourth-order valence-corrected chi connectivity index (χ4v) is 4.23. The van der Waals surface area contributed by atoms with E-state index in [-0.39, 0.29) is 0 Å². The molecule has 1 aliphatic heterocycles. The Labute approximate surface area is 180 Å². The minimum Gasteiger partial charge on any atom is -0.353 e. The van der Waals surface area contributed by atoms with Gasteiger partial charge in [-0.05, 0) is 49.3 Å². The van der Waals surface area contributed by atoms with Crippen LogP contribution in [0.4, 0.5) is 5.82 Å². The maximum atomic E-state index is 9.34. The molecular formula is C21H22N8S. The third-order valence-corrected chi connectivity index (χ3v) is 6.04. The van der Waals surface area contributed by atoms with Crippen LogP contribution in [0.2, 0.25) is 0 Å². The molecule has 3 aromatic rings. The highest BCUT2D eigenvalue weighted by Crippen LogP contribution is 2.38. The van der Waals surface area contributed by atoms with Crippen molar-refractivity contribution in [3.63, 3.8) is 0 Å². The summed E-state index contributed by atoms with van der Waals surface area (Å²) in [7, 11) is 0. The summed E-state index contributed by atoms with van der Waals surface area (Å²) in [6.45, 7) is 4.03. The van der Waals surface area contributed by atoms with Crippen molar-refractivity contribution in [2.75, 3.05) is 31.1 Å². The molecule has 0 amide bonds. The van der Waals surface area contributed by atoms with Crippen molar-refractivity contribution in [3.05, 3.63) is 53.2 Å². The van der Waals surface area contributed by atoms with Crippen LogP contribution in [0.3, 0.4) is 0 Å². The highest BCUT2D eigenvalue weighted by molar-refractivity contribution is 7.71. The topological polar surface area (TPSA) is 78.8 Å². The van der Waals surface area contributed by atoms with Gasteiger partial charge in [0.25, 0.3) is 0 Å². The molecule has 2 fully saturated rings. The molecule has 1 saturated heterocycles. The number of nitriles is 1. The van der Waals surface area contributed by atoms with E-state index in [2.05, 4.69) is 30.4 Å². The summed E-state index contributed by atoms with van der Waals surface area (Å²) < 4.78 is 4.93. The van der Waals surface area contributed by atoms with Crippen LogP contribution in [0.1, 0.15) is 24.4 Å². The molecule has 9 heteroatoms. The standard InChI is InChI=1S/C21H22N8S/c22-14-17-2-1-7-24-19(17)27-12-10-26(11-13-27)15-28-21(30)29(18-3-4-18)20(25-28)16-5-8-23-9-6-16/h1-2,5-9,18H,3-4,10-13,15H2. The largest absolute Gasteiger partial charge is 0.353 e. The molecule has 0 radical (unpaired) electrons. The Balaban J connectivity index is 1.33. The van der Waals surface area contributed by atoms with Gasteiger partial charge in [-0.15, -0.1) is 0 Å². The van der Waals surface area contributed by atoms with E-state index in [0.29, 0.717) is 18.3 Å². The normalized spacial score (nSPS) is 17.1. The zero-order valence-corrected chi connectivity index (χ0v) is 17.4. The van der Waals surface area contributed by atoms with Gasteiger partial charge in [0.15, 0.2) is 10.6 Å². The fraction of sp³-hybridized carbons (Fsp3) is 0.381. The molecule has 2 aliphatic rings. The highest BCUT2D eigenvalue weighted by Gasteiger charge is 2.29. The molecule has 4 heterocycles. The smallest absolute Gasteiger partial charge is 0.199 e. The van der Waals surface area contributed by atoms with Crippen molar-refractivity contribution >= 4 is 18.0 Å². The number of hydrogen-bond acceptors (Lipinski definition) is 7. The van der Waals surface area contributed by atoms with E-state index >= 15 is 0 Å². The van der Waals surface area contributed by atoms with Gasteiger partial charge in [-0.25, -0.2) is 9.67 Å². The number of rotatable bonds is 5. The average Bonchev–Trinajstić information content (AvgIpc) is 3.59. The van der Waals surface area contributed by atoms with E-state index in [1.165, 1.54) is 0 Å². The summed E-state index contributed by atoms with van der Waals surface area (Å²) in [5, 5.41) is 14.2. The van der Waals surface area contributed by atoms with Gasteiger partial charge in [0.05, 0.1) is 12.2 Å². The van der Waals surface area contributed by atoms with Gasteiger partial charge in [-0.3, -0.25) is 14.5 Å². The summed E-state index contributed by atoms with van der Waals surface area (Å²) >= 11 is 5.79. The molecule has 0 spiro atoms. The van der Waals surface area contributed by atoms with Crippen LogP contribution in [0, 0.1) is 16.1 Å². The summed E-state index contributed by atoms with van der Waals surface area (Å²) in [5.41, 5.74) is 1.67.